The summed E-state index contributed by atoms with van der Waals surface area (Å²) in [5.74, 6) is -0.265. The van der Waals surface area contributed by atoms with Crippen LogP contribution in [0.1, 0.15) is 27.9 Å². The topological polar surface area (TPSA) is 54.9 Å². The molecule has 1 aliphatic carbocycles. The Morgan fingerprint density at radius 2 is 1.80 bits per heavy atom. The standard InChI is InChI=1S/C14H11Cl2N3O/c15-12-11(13(16)18-7-17-12)19-14(20)10-5-4-8-2-1-3-9(8)6-10/h4-7H,1-3H2,(H,19,20). The highest BCUT2D eigenvalue weighted by Crippen LogP contribution is 2.27. The summed E-state index contributed by atoms with van der Waals surface area (Å²) in [6.45, 7) is 0. The van der Waals surface area contributed by atoms with Gasteiger partial charge in [-0.1, -0.05) is 29.3 Å². The molecule has 1 N–H and O–H groups in total. The summed E-state index contributed by atoms with van der Waals surface area (Å²) in [4.78, 5) is 19.8. The van der Waals surface area contributed by atoms with E-state index in [4.69, 9.17) is 23.2 Å². The van der Waals surface area contributed by atoms with Crippen molar-refractivity contribution < 1.29 is 4.79 Å². The van der Waals surface area contributed by atoms with Gasteiger partial charge in [0.2, 0.25) is 0 Å². The molecular weight excluding hydrogens is 297 g/mol. The second-order valence-electron chi connectivity index (χ2n) is 4.62. The Morgan fingerprint density at radius 1 is 1.10 bits per heavy atom. The Bertz CT molecular complexity index is 668. The maximum absolute atomic E-state index is 12.2. The lowest BCUT2D eigenvalue weighted by Gasteiger charge is -2.08. The number of nitrogens with zero attached hydrogens (tertiary/aromatic N) is 2. The molecule has 102 valence electrons. The second-order valence-corrected chi connectivity index (χ2v) is 5.34. The second kappa shape index (κ2) is 5.38. The van der Waals surface area contributed by atoms with E-state index in [1.165, 1.54) is 17.5 Å². The van der Waals surface area contributed by atoms with Crippen LogP contribution in [0.5, 0.6) is 0 Å². The number of halogens is 2. The molecule has 3 rings (SSSR count). The van der Waals surface area contributed by atoms with Crippen molar-refractivity contribution in [2.45, 2.75) is 19.3 Å². The normalized spacial score (nSPS) is 13.1. The molecule has 1 aliphatic rings. The zero-order valence-corrected chi connectivity index (χ0v) is 12.0. The summed E-state index contributed by atoms with van der Waals surface area (Å²) in [5, 5.41) is 2.91. The molecule has 1 aromatic carbocycles. The van der Waals surface area contributed by atoms with Gasteiger partial charge in [0.15, 0.2) is 10.3 Å². The number of hydrogen-bond donors (Lipinski definition) is 1. The summed E-state index contributed by atoms with van der Waals surface area (Å²) >= 11 is 11.8. The molecule has 1 aromatic heterocycles. The third kappa shape index (κ3) is 2.49. The van der Waals surface area contributed by atoms with E-state index in [1.54, 1.807) is 0 Å². The fraction of sp³-hybridized carbons (Fsp3) is 0.214. The van der Waals surface area contributed by atoms with Gasteiger partial charge in [-0.05, 0) is 42.5 Å². The van der Waals surface area contributed by atoms with E-state index in [-0.39, 0.29) is 21.9 Å². The maximum Gasteiger partial charge on any atom is 0.255 e. The molecule has 2 aromatic rings. The van der Waals surface area contributed by atoms with Crippen LogP contribution < -0.4 is 5.32 Å². The number of aryl methyl sites for hydroxylation is 2. The number of nitrogens with one attached hydrogen (secondary N) is 1. The molecule has 0 bridgehead atoms. The SMILES string of the molecule is O=C(Nc1c(Cl)ncnc1Cl)c1ccc2c(c1)CCC2. The average molecular weight is 308 g/mol. The van der Waals surface area contributed by atoms with Crippen LogP contribution in [0.25, 0.3) is 0 Å². The van der Waals surface area contributed by atoms with Crippen molar-refractivity contribution >= 4 is 34.8 Å². The predicted molar refractivity (Wildman–Crippen MR) is 78.5 cm³/mol. The zero-order valence-electron chi connectivity index (χ0n) is 10.5. The van der Waals surface area contributed by atoms with Gasteiger partial charge in [0.1, 0.15) is 12.0 Å². The summed E-state index contributed by atoms with van der Waals surface area (Å²) in [5.41, 5.74) is 3.38. The Kier molecular flexibility index (Phi) is 3.59. The number of carbonyl (C=O) groups excluding carboxylic acids is 1. The Morgan fingerprint density at radius 3 is 2.55 bits per heavy atom. The van der Waals surface area contributed by atoms with E-state index in [9.17, 15) is 4.79 Å². The highest BCUT2D eigenvalue weighted by molar-refractivity contribution is 6.38. The minimum Gasteiger partial charge on any atom is -0.317 e. The first-order valence-electron chi connectivity index (χ1n) is 6.24. The Labute approximate surface area is 126 Å². The van der Waals surface area contributed by atoms with Crippen LogP contribution in [0.3, 0.4) is 0 Å². The van der Waals surface area contributed by atoms with Crippen LogP contribution in [0.4, 0.5) is 5.69 Å². The maximum atomic E-state index is 12.2. The first-order valence-corrected chi connectivity index (χ1v) is 7.00. The van der Waals surface area contributed by atoms with Gasteiger partial charge in [-0.3, -0.25) is 4.79 Å². The van der Waals surface area contributed by atoms with Gasteiger partial charge in [-0.25, -0.2) is 9.97 Å². The van der Waals surface area contributed by atoms with E-state index < -0.39 is 0 Å². The smallest absolute Gasteiger partial charge is 0.255 e. The van der Waals surface area contributed by atoms with Crippen LogP contribution in [0, 0.1) is 0 Å². The van der Waals surface area contributed by atoms with Crippen molar-refractivity contribution in [2.24, 2.45) is 0 Å². The van der Waals surface area contributed by atoms with Gasteiger partial charge >= 0.3 is 0 Å². The van der Waals surface area contributed by atoms with E-state index >= 15 is 0 Å². The van der Waals surface area contributed by atoms with Gasteiger partial charge in [0.05, 0.1) is 0 Å². The molecule has 4 nitrogen and oxygen atoms in total. The molecule has 1 amide bonds. The molecular formula is C14H11Cl2N3O. The lowest BCUT2D eigenvalue weighted by molar-refractivity contribution is 0.102. The van der Waals surface area contributed by atoms with Gasteiger partial charge < -0.3 is 5.32 Å². The van der Waals surface area contributed by atoms with Gasteiger partial charge in [0.25, 0.3) is 5.91 Å². The molecule has 0 aliphatic heterocycles. The molecule has 20 heavy (non-hydrogen) atoms. The van der Waals surface area contributed by atoms with E-state index in [0.717, 1.165) is 19.3 Å². The summed E-state index contributed by atoms with van der Waals surface area (Å²) < 4.78 is 0. The largest absolute Gasteiger partial charge is 0.317 e. The molecule has 0 saturated heterocycles. The first kappa shape index (κ1) is 13.3. The van der Waals surface area contributed by atoms with Crippen molar-refractivity contribution in [3.63, 3.8) is 0 Å². The van der Waals surface area contributed by atoms with Crippen LogP contribution in [0.15, 0.2) is 24.5 Å². The molecule has 0 fully saturated rings. The minimum absolute atomic E-state index is 0.125. The first-order chi connectivity index (χ1) is 9.65. The van der Waals surface area contributed by atoms with Crippen molar-refractivity contribution in [1.82, 2.24) is 9.97 Å². The Balaban J connectivity index is 1.86. The predicted octanol–water partition coefficient (Wildman–Crippen LogP) is 3.52. The molecule has 0 radical (unpaired) electrons. The third-order valence-corrected chi connectivity index (χ3v) is 3.93. The van der Waals surface area contributed by atoms with Crippen LogP contribution >= 0.6 is 23.2 Å². The number of fused-ring (bicyclic) bond motifs is 1. The molecule has 0 atom stereocenters. The van der Waals surface area contributed by atoms with Crippen LogP contribution in [0.2, 0.25) is 10.3 Å². The highest BCUT2D eigenvalue weighted by atomic mass is 35.5. The third-order valence-electron chi connectivity index (χ3n) is 3.35. The van der Waals surface area contributed by atoms with E-state index in [2.05, 4.69) is 15.3 Å². The lowest BCUT2D eigenvalue weighted by atomic mass is 10.1. The van der Waals surface area contributed by atoms with Crippen molar-refractivity contribution in [3.8, 4) is 0 Å². The molecule has 0 unspecified atom stereocenters. The molecule has 0 saturated carbocycles. The van der Waals surface area contributed by atoms with Crippen molar-refractivity contribution in [3.05, 3.63) is 51.5 Å². The minimum atomic E-state index is -0.265. The molecule has 1 heterocycles. The summed E-state index contributed by atoms with van der Waals surface area (Å²) in [6, 6.07) is 5.73. The van der Waals surface area contributed by atoms with Gasteiger partial charge in [-0.15, -0.1) is 0 Å². The molecule has 0 spiro atoms. The van der Waals surface area contributed by atoms with Crippen molar-refractivity contribution in [1.29, 1.82) is 0 Å². The molecule has 6 heteroatoms. The summed E-state index contributed by atoms with van der Waals surface area (Å²) in [6.07, 6.45) is 4.49. The van der Waals surface area contributed by atoms with Crippen LogP contribution in [-0.4, -0.2) is 15.9 Å². The lowest BCUT2D eigenvalue weighted by Crippen LogP contribution is -2.13. The number of benzene rings is 1. The number of aromatic nitrogens is 2. The fourth-order valence-electron chi connectivity index (χ4n) is 2.35. The van der Waals surface area contributed by atoms with Crippen LogP contribution in [-0.2, 0) is 12.8 Å². The Hall–Kier alpha value is -1.65. The monoisotopic (exact) mass is 307 g/mol. The number of carbonyl (C=O) groups is 1. The number of anilines is 1. The quantitative estimate of drug-likeness (QED) is 0.864. The van der Waals surface area contributed by atoms with Gasteiger partial charge in [-0.2, -0.15) is 0 Å². The van der Waals surface area contributed by atoms with Crippen molar-refractivity contribution in [2.75, 3.05) is 5.32 Å². The fourth-order valence-corrected chi connectivity index (χ4v) is 2.76. The number of hydrogen-bond acceptors (Lipinski definition) is 3. The average Bonchev–Trinajstić information content (AvgIpc) is 2.90. The van der Waals surface area contributed by atoms with E-state index in [1.807, 2.05) is 18.2 Å². The number of amides is 1. The number of rotatable bonds is 2. The zero-order chi connectivity index (χ0) is 14.1. The summed E-state index contributed by atoms with van der Waals surface area (Å²) in [7, 11) is 0. The van der Waals surface area contributed by atoms with E-state index in [0.29, 0.717) is 5.56 Å². The van der Waals surface area contributed by atoms with Gasteiger partial charge in [0, 0.05) is 5.56 Å². The highest BCUT2D eigenvalue weighted by Gasteiger charge is 2.16.